The average Bonchev–Trinajstić information content (AvgIpc) is 2.35. The molecule has 0 fully saturated rings. The molecule has 17 heavy (non-hydrogen) atoms. The lowest BCUT2D eigenvalue weighted by Crippen LogP contribution is -2.19. The fourth-order valence-electron chi connectivity index (χ4n) is 1.29. The normalized spacial score (nSPS) is 14.8. The number of aliphatic hydroxyl groups is 2. The number of carboxylic acids is 1. The molecule has 1 rings (SSSR count). The summed E-state index contributed by atoms with van der Waals surface area (Å²) in [5.41, 5.74) is 1.28. The monoisotopic (exact) mass is 254 g/mol. The molecule has 4 nitrogen and oxygen atoms in total. The van der Waals surface area contributed by atoms with Crippen LogP contribution in [0.2, 0.25) is 0 Å². The van der Waals surface area contributed by atoms with Crippen LogP contribution in [0.15, 0.2) is 30.3 Å². The Labute approximate surface area is 105 Å². The van der Waals surface area contributed by atoms with Crippen molar-refractivity contribution in [2.45, 2.75) is 12.2 Å². The minimum atomic E-state index is -1.01. The lowest BCUT2D eigenvalue weighted by atomic mass is 10.0. The number of rotatable bonds is 5. The number of aliphatic carboxylic acids is 1. The first kappa shape index (κ1) is 13.8. The smallest absolute Gasteiger partial charge is 0.328 e. The van der Waals surface area contributed by atoms with Gasteiger partial charge in [0.2, 0.25) is 0 Å². The van der Waals surface area contributed by atoms with Gasteiger partial charge in [-0.25, -0.2) is 4.79 Å². The van der Waals surface area contributed by atoms with Crippen molar-refractivity contribution >= 4 is 24.7 Å². The lowest BCUT2D eigenvalue weighted by molar-refractivity contribution is -0.131. The van der Waals surface area contributed by atoms with E-state index in [9.17, 15) is 15.0 Å². The van der Waals surface area contributed by atoms with E-state index in [0.29, 0.717) is 11.1 Å². The molecule has 0 aromatic heterocycles. The summed E-state index contributed by atoms with van der Waals surface area (Å²) >= 11 is 3.89. The molecule has 0 saturated carbocycles. The molecule has 0 bridgehead atoms. The van der Waals surface area contributed by atoms with Crippen LogP contribution in [0.25, 0.3) is 6.08 Å². The minimum Gasteiger partial charge on any atom is -0.478 e. The van der Waals surface area contributed by atoms with E-state index in [2.05, 4.69) is 12.6 Å². The van der Waals surface area contributed by atoms with Crippen LogP contribution < -0.4 is 0 Å². The summed E-state index contributed by atoms with van der Waals surface area (Å²) in [5, 5.41) is 27.5. The topological polar surface area (TPSA) is 77.8 Å². The molecule has 0 aliphatic heterocycles. The Balaban J connectivity index is 2.77. The molecule has 1 aromatic carbocycles. The van der Waals surface area contributed by atoms with Gasteiger partial charge in [-0.15, -0.1) is 0 Å². The fourth-order valence-corrected chi connectivity index (χ4v) is 1.49. The van der Waals surface area contributed by atoms with Gasteiger partial charge in [0.15, 0.2) is 0 Å². The van der Waals surface area contributed by atoms with Gasteiger partial charge in [-0.2, -0.15) is 12.6 Å². The number of hydrogen-bond acceptors (Lipinski definition) is 4. The average molecular weight is 254 g/mol. The van der Waals surface area contributed by atoms with E-state index >= 15 is 0 Å². The zero-order valence-corrected chi connectivity index (χ0v) is 9.92. The SMILES string of the molecule is O=C(O)/C=C/c1ccc(C(O)C(O)CS)cc1. The first-order chi connectivity index (χ1) is 8.04. The summed E-state index contributed by atoms with van der Waals surface area (Å²) in [7, 11) is 0. The van der Waals surface area contributed by atoms with Crippen molar-refractivity contribution in [2.24, 2.45) is 0 Å². The number of benzene rings is 1. The summed E-state index contributed by atoms with van der Waals surface area (Å²) in [4.78, 5) is 10.3. The van der Waals surface area contributed by atoms with Gasteiger partial charge in [0.05, 0.1) is 6.10 Å². The van der Waals surface area contributed by atoms with Gasteiger partial charge in [-0.05, 0) is 17.2 Å². The fraction of sp³-hybridized carbons (Fsp3) is 0.250. The second-order valence-electron chi connectivity index (χ2n) is 3.53. The van der Waals surface area contributed by atoms with Crippen molar-refractivity contribution in [3.63, 3.8) is 0 Å². The predicted molar refractivity (Wildman–Crippen MR) is 67.9 cm³/mol. The summed E-state index contributed by atoms with van der Waals surface area (Å²) in [5.74, 6) is -0.846. The molecule has 0 spiro atoms. The number of carboxylic acid groups (broad SMARTS) is 1. The zero-order valence-electron chi connectivity index (χ0n) is 9.02. The highest BCUT2D eigenvalue weighted by atomic mass is 32.1. The van der Waals surface area contributed by atoms with Crippen LogP contribution in [0.4, 0.5) is 0 Å². The van der Waals surface area contributed by atoms with E-state index in [0.717, 1.165) is 6.08 Å². The zero-order chi connectivity index (χ0) is 12.8. The Morgan fingerprint density at radius 1 is 1.29 bits per heavy atom. The van der Waals surface area contributed by atoms with Gasteiger partial charge in [0.25, 0.3) is 0 Å². The third-order valence-corrected chi connectivity index (χ3v) is 2.62. The number of thiol groups is 1. The number of hydrogen-bond donors (Lipinski definition) is 4. The minimum absolute atomic E-state index is 0.168. The van der Waals surface area contributed by atoms with E-state index in [4.69, 9.17) is 5.11 Å². The van der Waals surface area contributed by atoms with Crippen LogP contribution in [0.3, 0.4) is 0 Å². The Morgan fingerprint density at radius 2 is 1.88 bits per heavy atom. The van der Waals surface area contributed by atoms with E-state index in [1.54, 1.807) is 24.3 Å². The molecule has 0 aliphatic carbocycles. The van der Waals surface area contributed by atoms with E-state index in [1.807, 2.05) is 0 Å². The number of carbonyl (C=O) groups is 1. The molecule has 3 N–H and O–H groups in total. The van der Waals surface area contributed by atoms with Crippen LogP contribution in [0, 0.1) is 0 Å². The molecule has 0 saturated heterocycles. The molecule has 2 atom stereocenters. The molecule has 1 aromatic rings. The molecule has 0 amide bonds. The van der Waals surface area contributed by atoms with Crippen LogP contribution in [-0.4, -0.2) is 33.1 Å². The highest BCUT2D eigenvalue weighted by Gasteiger charge is 2.16. The molecule has 2 unspecified atom stereocenters. The van der Waals surface area contributed by atoms with Gasteiger partial charge in [-0.3, -0.25) is 0 Å². The summed E-state index contributed by atoms with van der Waals surface area (Å²) in [6.45, 7) is 0. The van der Waals surface area contributed by atoms with Gasteiger partial charge in [0, 0.05) is 11.8 Å². The Kier molecular flexibility index (Phi) is 5.21. The molecule has 5 heteroatoms. The molecule has 0 aliphatic rings. The Morgan fingerprint density at radius 3 is 2.35 bits per heavy atom. The predicted octanol–water partition coefficient (Wildman–Crippen LogP) is 1.11. The van der Waals surface area contributed by atoms with Gasteiger partial charge < -0.3 is 15.3 Å². The summed E-state index contributed by atoms with van der Waals surface area (Å²) in [6.07, 6.45) is 0.588. The Hall–Kier alpha value is -1.30. The second kappa shape index (κ2) is 6.44. The maximum atomic E-state index is 10.3. The molecule has 0 radical (unpaired) electrons. The van der Waals surface area contributed by atoms with E-state index in [-0.39, 0.29) is 5.75 Å². The second-order valence-corrected chi connectivity index (χ2v) is 3.90. The van der Waals surface area contributed by atoms with Crippen molar-refractivity contribution < 1.29 is 20.1 Å². The molecular weight excluding hydrogens is 240 g/mol. The van der Waals surface area contributed by atoms with Gasteiger partial charge >= 0.3 is 5.97 Å². The van der Waals surface area contributed by atoms with Crippen LogP contribution in [-0.2, 0) is 4.79 Å². The highest BCUT2D eigenvalue weighted by molar-refractivity contribution is 7.80. The molecule has 92 valence electrons. The van der Waals surface area contributed by atoms with Crippen LogP contribution in [0.5, 0.6) is 0 Å². The van der Waals surface area contributed by atoms with Crippen LogP contribution >= 0.6 is 12.6 Å². The highest BCUT2D eigenvalue weighted by Crippen LogP contribution is 2.18. The first-order valence-corrected chi connectivity index (χ1v) is 5.66. The van der Waals surface area contributed by atoms with Crippen molar-refractivity contribution in [2.75, 3.05) is 5.75 Å². The molecular formula is C12H14O4S. The first-order valence-electron chi connectivity index (χ1n) is 5.02. The maximum Gasteiger partial charge on any atom is 0.328 e. The van der Waals surface area contributed by atoms with Crippen molar-refractivity contribution in [1.82, 2.24) is 0 Å². The Bertz CT molecular complexity index is 399. The standard InChI is InChI=1S/C12H14O4S/c13-10(7-17)12(16)9-4-1-8(2-5-9)3-6-11(14)15/h1-6,10,12-13,16-17H,7H2,(H,14,15)/b6-3+. The van der Waals surface area contributed by atoms with Crippen molar-refractivity contribution in [3.05, 3.63) is 41.5 Å². The summed E-state index contributed by atoms with van der Waals surface area (Å²) in [6, 6.07) is 6.62. The van der Waals surface area contributed by atoms with Crippen molar-refractivity contribution in [3.8, 4) is 0 Å². The quantitative estimate of drug-likeness (QED) is 0.469. The van der Waals surface area contributed by atoms with Gasteiger partial charge in [-0.1, -0.05) is 24.3 Å². The summed E-state index contributed by atoms with van der Waals surface area (Å²) < 4.78 is 0. The number of aliphatic hydroxyl groups excluding tert-OH is 2. The van der Waals surface area contributed by atoms with Gasteiger partial charge in [0.1, 0.15) is 6.10 Å². The maximum absolute atomic E-state index is 10.3. The van der Waals surface area contributed by atoms with E-state index < -0.39 is 18.2 Å². The largest absolute Gasteiger partial charge is 0.478 e. The lowest BCUT2D eigenvalue weighted by Gasteiger charge is -2.16. The van der Waals surface area contributed by atoms with Crippen LogP contribution in [0.1, 0.15) is 17.2 Å². The van der Waals surface area contributed by atoms with E-state index in [1.165, 1.54) is 6.08 Å². The third-order valence-electron chi connectivity index (χ3n) is 2.25. The third kappa shape index (κ3) is 4.22. The van der Waals surface area contributed by atoms with Crippen molar-refractivity contribution in [1.29, 1.82) is 0 Å². The molecule has 0 heterocycles.